The van der Waals surface area contributed by atoms with Crippen molar-refractivity contribution in [3.8, 4) is 11.5 Å². The van der Waals surface area contributed by atoms with Gasteiger partial charge in [0.15, 0.2) is 5.78 Å². The van der Waals surface area contributed by atoms with E-state index in [0.29, 0.717) is 22.6 Å². The van der Waals surface area contributed by atoms with Crippen molar-refractivity contribution in [1.82, 2.24) is 0 Å². The van der Waals surface area contributed by atoms with Crippen LogP contribution < -0.4 is 9.47 Å². The monoisotopic (exact) mass is 334 g/mol. The van der Waals surface area contributed by atoms with Gasteiger partial charge in [-0.1, -0.05) is 28.1 Å². The Bertz CT molecular complexity index is 650. The van der Waals surface area contributed by atoms with Crippen LogP contribution in [0.3, 0.4) is 0 Å². The van der Waals surface area contributed by atoms with E-state index in [1.807, 2.05) is 25.1 Å². The molecule has 0 radical (unpaired) electrons. The number of carbonyl (C=O) groups is 1. The van der Waals surface area contributed by atoms with Gasteiger partial charge >= 0.3 is 0 Å². The molecule has 0 fully saturated rings. The largest absolute Gasteiger partial charge is 0.497 e. The van der Waals surface area contributed by atoms with E-state index in [1.54, 1.807) is 25.3 Å². The van der Waals surface area contributed by atoms with Crippen molar-refractivity contribution < 1.29 is 14.3 Å². The molecule has 0 saturated heterocycles. The fraction of sp³-hybridized carbons (Fsp3) is 0.188. The Morgan fingerprint density at radius 2 is 1.80 bits per heavy atom. The van der Waals surface area contributed by atoms with E-state index in [-0.39, 0.29) is 5.78 Å². The molecule has 0 unspecified atom stereocenters. The molecule has 0 bridgehead atoms. The third-order valence-corrected chi connectivity index (χ3v) is 3.94. The highest BCUT2D eigenvalue weighted by molar-refractivity contribution is 9.10. The number of ketones is 1. The van der Waals surface area contributed by atoms with E-state index in [9.17, 15) is 4.79 Å². The van der Waals surface area contributed by atoms with E-state index in [1.165, 1.54) is 7.11 Å². The lowest BCUT2D eigenvalue weighted by atomic mass is 10.0. The summed E-state index contributed by atoms with van der Waals surface area (Å²) < 4.78 is 11.3. The number of carbonyl (C=O) groups excluding carboxylic acids is 1. The second-order valence-corrected chi connectivity index (χ2v) is 5.21. The molecular formula is C16H15BrO3. The van der Waals surface area contributed by atoms with Crippen LogP contribution in [0.15, 0.2) is 40.9 Å². The molecule has 0 spiro atoms. The first-order chi connectivity index (χ1) is 9.56. The van der Waals surface area contributed by atoms with Crippen LogP contribution >= 0.6 is 15.9 Å². The van der Waals surface area contributed by atoms with Crippen molar-refractivity contribution in [2.75, 3.05) is 14.2 Å². The third kappa shape index (κ3) is 2.85. The topological polar surface area (TPSA) is 35.5 Å². The lowest BCUT2D eigenvalue weighted by molar-refractivity contribution is 0.103. The minimum atomic E-state index is -0.0785. The normalized spacial score (nSPS) is 10.2. The Morgan fingerprint density at radius 3 is 2.40 bits per heavy atom. The second kappa shape index (κ2) is 6.09. The second-order valence-electron chi connectivity index (χ2n) is 4.36. The van der Waals surface area contributed by atoms with Crippen LogP contribution in [0.25, 0.3) is 0 Å². The maximum absolute atomic E-state index is 12.5. The smallest absolute Gasteiger partial charge is 0.196 e. The van der Waals surface area contributed by atoms with E-state index < -0.39 is 0 Å². The molecule has 0 saturated carbocycles. The molecule has 0 amide bonds. The summed E-state index contributed by atoms with van der Waals surface area (Å²) in [5.41, 5.74) is 2.22. The van der Waals surface area contributed by atoms with Gasteiger partial charge in [-0.25, -0.2) is 0 Å². The number of ether oxygens (including phenoxy) is 2. The highest BCUT2D eigenvalue weighted by Crippen LogP contribution is 2.28. The quantitative estimate of drug-likeness (QED) is 0.792. The summed E-state index contributed by atoms with van der Waals surface area (Å²) in [5, 5.41) is 0. The van der Waals surface area contributed by atoms with Crippen molar-refractivity contribution in [3.05, 3.63) is 57.6 Å². The highest BCUT2D eigenvalue weighted by Gasteiger charge is 2.16. The molecular weight excluding hydrogens is 320 g/mol. The first-order valence-electron chi connectivity index (χ1n) is 6.09. The van der Waals surface area contributed by atoms with Gasteiger partial charge in [-0.05, 0) is 30.7 Å². The fourth-order valence-corrected chi connectivity index (χ4v) is 2.25. The molecule has 20 heavy (non-hydrogen) atoms. The Labute approximate surface area is 126 Å². The fourth-order valence-electron chi connectivity index (χ4n) is 1.88. The van der Waals surface area contributed by atoms with Crippen molar-refractivity contribution in [2.45, 2.75) is 6.92 Å². The van der Waals surface area contributed by atoms with Gasteiger partial charge in [-0.2, -0.15) is 0 Å². The lowest BCUT2D eigenvalue weighted by Gasteiger charge is -2.10. The van der Waals surface area contributed by atoms with E-state index in [2.05, 4.69) is 15.9 Å². The Kier molecular flexibility index (Phi) is 4.45. The molecule has 0 heterocycles. The van der Waals surface area contributed by atoms with Crippen molar-refractivity contribution in [3.63, 3.8) is 0 Å². The maximum Gasteiger partial charge on any atom is 0.196 e. The first-order valence-corrected chi connectivity index (χ1v) is 6.89. The minimum Gasteiger partial charge on any atom is -0.497 e. The maximum atomic E-state index is 12.5. The molecule has 2 aromatic rings. The lowest BCUT2D eigenvalue weighted by Crippen LogP contribution is -2.04. The highest BCUT2D eigenvalue weighted by atomic mass is 79.9. The van der Waals surface area contributed by atoms with Crippen molar-refractivity contribution >= 4 is 21.7 Å². The standard InChI is InChI=1S/C16H15BrO3/c1-10-4-5-11(8-14(10)17)16(18)13-7-6-12(19-2)9-15(13)20-3/h4-9H,1-3H3. The molecule has 0 aliphatic rings. The molecule has 0 aliphatic carbocycles. The van der Waals surface area contributed by atoms with Crippen LogP contribution in [0.5, 0.6) is 11.5 Å². The van der Waals surface area contributed by atoms with Gasteiger partial charge < -0.3 is 9.47 Å². The Balaban J connectivity index is 2.44. The number of aryl methyl sites for hydroxylation is 1. The Hall–Kier alpha value is -1.81. The summed E-state index contributed by atoms with van der Waals surface area (Å²) in [7, 11) is 3.12. The van der Waals surface area contributed by atoms with Crippen LogP contribution in [0.2, 0.25) is 0 Å². The van der Waals surface area contributed by atoms with Gasteiger partial charge in [0.1, 0.15) is 11.5 Å². The van der Waals surface area contributed by atoms with Crippen molar-refractivity contribution in [1.29, 1.82) is 0 Å². The molecule has 0 N–H and O–H groups in total. The summed E-state index contributed by atoms with van der Waals surface area (Å²) in [6.45, 7) is 1.98. The molecule has 2 aromatic carbocycles. The predicted octanol–water partition coefficient (Wildman–Crippen LogP) is 4.01. The number of hydrogen-bond donors (Lipinski definition) is 0. The third-order valence-electron chi connectivity index (χ3n) is 3.09. The van der Waals surface area contributed by atoms with E-state index >= 15 is 0 Å². The zero-order valence-electron chi connectivity index (χ0n) is 11.6. The summed E-state index contributed by atoms with van der Waals surface area (Å²) in [6, 6.07) is 10.7. The van der Waals surface area contributed by atoms with Crippen LogP contribution in [0.1, 0.15) is 21.5 Å². The first kappa shape index (κ1) is 14.6. The van der Waals surface area contributed by atoms with Gasteiger partial charge in [-0.3, -0.25) is 4.79 Å². The van der Waals surface area contributed by atoms with Crippen LogP contribution in [-0.4, -0.2) is 20.0 Å². The molecule has 0 aliphatic heterocycles. The number of halogens is 1. The zero-order valence-corrected chi connectivity index (χ0v) is 13.2. The summed E-state index contributed by atoms with van der Waals surface area (Å²) in [6.07, 6.45) is 0. The molecule has 3 nitrogen and oxygen atoms in total. The van der Waals surface area contributed by atoms with Gasteiger partial charge in [0.25, 0.3) is 0 Å². The van der Waals surface area contributed by atoms with Gasteiger partial charge in [0.2, 0.25) is 0 Å². The number of hydrogen-bond acceptors (Lipinski definition) is 3. The van der Waals surface area contributed by atoms with Crippen molar-refractivity contribution in [2.24, 2.45) is 0 Å². The summed E-state index contributed by atoms with van der Waals surface area (Å²) in [5.74, 6) is 1.08. The number of rotatable bonds is 4. The number of benzene rings is 2. The Morgan fingerprint density at radius 1 is 1.05 bits per heavy atom. The van der Waals surface area contributed by atoms with Gasteiger partial charge in [0, 0.05) is 16.1 Å². The average Bonchev–Trinajstić information content (AvgIpc) is 2.48. The average molecular weight is 335 g/mol. The summed E-state index contributed by atoms with van der Waals surface area (Å²) >= 11 is 3.44. The van der Waals surface area contributed by atoms with Gasteiger partial charge in [0.05, 0.1) is 19.8 Å². The predicted molar refractivity (Wildman–Crippen MR) is 81.9 cm³/mol. The summed E-state index contributed by atoms with van der Waals surface area (Å²) in [4.78, 5) is 12.5. The molecule has 104 valence electrons. The van der Waals surface area contributed by atoms with Crippen LogP contribution in [-0.2, 0) is 0 Å². The molecule has 4 heteroatoms. The van der Waals surface area contributed by atoms with E-state index in [0.717, 1.165) is 10.0 Å². The SMILES string of the molecule is COc1ccc(C(=O)c2ccc(C)c(Br)c2)c(OC)c1. The van der Waals surface area contributed by atoms with Crippen LogP contribution in [0, 0.1) is 6.92 Å². The van der Waals surface area contributed by atoms with Gasteiger partial charge in [-0.15, -0.1) is 0 Å². The molecule has 0 atom stereocenters. The minimum absolute atomic E-state index is 0.0785. The number of methoxy groups -OCH3 is 2. The molecule has 0 aromatic heterocycles. The molecule has 2 rings (SSSR count). The van der Waals surface area contributed by atoms with Crippen LogP contribution in [0.4, 0.5) is 0 Å². The zero-order chi connectivity index (χ0) is 14.7. The van der Waals surface area contributed by atoms with E-state index in [4.69, 9.17) is 9.47 Å².